The predicted molar refractivity (Wildman–Crippen MR) is 82.3 cm³/mol. The molecule has 0 saturated heterocycles. The summed E-state index contributed by atoms with van der Waals surface area (Å²) in [5.41, 5.74) is 2.09. The molecule has 6 heteroatoms. The molecule has 0 atom stereocenters. The van der Waals surface area contributed by atoms with Gasteiger partial charge in [-0.1, -0.05) is 6.07 Å². The molecule has 0 bridgehead atoms. The Bertz CT molecular complexity index is 691. The number of hydrogen-bond acceptors (Lipinski definition) is 4. The molecule has 0 saturated carbocycles. The van der Waals surface area contributed by atoms with Crippen molar-refractivity contribution in [3.63, 3.8) is 0 Å². The Hall–Kier alpha value is -2.21. The van der Waals surface area contributed by atoms with Crippen LogP contribution in [0.3, 0.4) is 0 Å². The molecule has 108 valence electrons. The second-order valence-electron chi connectivity index (χ2n) is 4.79. The first-order valence-corrected chi connectivity index (χ1v) is 7.76. The predicted octanol–water partition coefficient (Wildman–Crippen LogP) is 2.08. The lowest BCUT2D eigenvalue weighted by atomic mass is 10.1. The van der Waals surface area contributed by atoms with E-state index in [0.717, 1.165) is 29.1 Å². The zero-order valence-electron chi connectivity index (χ0n) is 11.5. The molecule has 0 aliphatic carbocycles. The number of carbonyl (C=O) groups excluding carboxylic acids is 1. The lowest BCUT2D eigenvalue weighted by Gasteiger charge is -2.04. The Morgan fingerprint density at radius 3 is 3.14 bits per heavy atom. The van der Waals surface area contributed by atoms with Crippen LogP contribution in [0.25, 0.3) is 4.96 Å². The Labute approximate surface area is 126 Å². The van der Waals surface area contributed by atoms with Crippen LogP contribution in [0.5, 0.6) is 0 Å². The quantitative estimate of drug-likeness (QED) is 0.758. The summed E-state index contributed by atoms with van der Waals surface area (Å²) < 4.78 is 2.00. The normalized spacial score (nSPS) is 10.9. The second kappa shape index (κ2) is 6.49. The summed E-state index contributed by atoms with van der Waals surface area (Å²) in [5, 5.41) is 4.94. The summed E-state index contributed by atoms with van der Waals surface area (Å²) in [6.07, 6.45) is 9.50. The topological polar surface area (TPSA) is 59.3 Å². The average molecular weight is 300 g/mol. The molecule has 3 aromatic heterocycles. The number of amides is 1. The van der Waals surface area contributed by atoms with Crippen LogP contribution in [-0.2, 0) is 17.6 Å². The smallest absolute Gasteiger partial charge is 0.220 e. The van der Waals surface area contributed by atoms with Crippen LogP contribution in [0.15, 0.2) is 42.3 Å². The van der Waals surface area contributed by atoms with Gasteiger partial charge in [-0.25, -0.2) is 4.98 Å². The van der Waals surface area contributed by atoms with E-state index in [4.69, 9.17) is 0 Å². The van der Waals surface area contributed by atoms with E-state index >= 15 is 0 Å². The van der Waals surface area contributed by atoms with Crippen LogP contribution in [-0.4, -0.2) is 26.8 Å². The van der Waals surface area contributed by atoms with Gasteiger partial charge < -0.3 is 5.32 Å². The lowest BCUT2D eigenvalue weighted by Crippen LogP contribution is -2.25. The molecular formula is C15H16N4OS. The number of pyridine rings is 1. The molecule has 1 amide bonds. The van der Waals surface area contributed by atoms with Crippen molar-refractivity contribution in [3.05, 3.63) is 53.6 Å². The van der Waals surface area contributed by atoms with Crippen molar-refractivity contribution in [2.45, 2.75) is 19.3 Å². The van der Waals surface area contributed by atoms with E-state index in [1.54, 1.807) is 23.7 Å². The number of nitrogens with one attached hydrogen (secondary N) is 1. The Balaban J connectivity index is 1.40. The number of nitrogens with zero attached hydrogens (tertiary/aromatic N) is 3. The number of thiazole rings is 1. The first kappa shape index (κ1) is 13.8. The van der Waals surface area contributed by atoms with E-state index in [1.807, 2.05) is 34.3 Å². The van der Waals surface area contributed by atoms with Gasteiger partial charge in [0.05, 0.1) is 5.69 Å². The van der Waals surface area contributed by atoms with Gasteiger partial charge in [0.15, 0.2) is 4.96 Å². The number of aromatic nitrogens is 3. The van der Waals surface area contributed by atoms with Gasteiger partial charge in [-0.2, -0.15) is 0 Å². The third-order valence-corrected chi connectivity index (χ3v) is 3.98. The molecule has 3 rings (SSSR count). The maximum absolute atomic E-state index is 11.8. The maximum Gasteiger partial charge on any atom is 0.220 e. The van der Waals surface area contributed by atoms with Crippen LogP contribution >= 0.6 is 11.3 Å². The van der Waals surface area contributed by atoms with Crippen molar-refractivity contribution in [2.75, 3.05) is 6.54 Å². The fourth-order valence-corrected chi connectivity index (χ4v) is 2.84. The number of rotatable bonds is 6. The van der Waals surface area contributed by atoms with Crippen molar-refractivity contribution in [3.8, 4) is 0 Å². The molecule has 0 fully saturated rings. The monoisotopic (exact) mass is 300 g/mol. The van der Waals surface area contributed by atoms with Gasteiger partial charge in [0.25, 0.3) is 0 Å². The standard InChI is InChI=1S/C15H16N4OS/c20-14(4-3-12-2-1-6-16-10-12)17-7-5-13-11-19-8-9-21-15(19)18-13/h1-2,6,8-11H,3-5,7H2,(H,17,20). The van der Waals surface area contributed by atoms with Crippen molar-refractivity contribution in [1.82, 2.24) is 19.7 Å². The fraction of sp³-hybridized carbons (Fsp3) is 0.267. The summed E-state index contributed by atoms with van der Waals surface area (Å²) >= 11 is 1.61. The molecule has 0 radical (unpaired) electrons. The van der Waals surface area contributed by atoms with Gasteiger partial charge in [0.2, 0.25) is 5.91 Å². The van der Waals surface area contributed by atoms with Crippen molar-refractivity contribution >= 4 is 22.2 Å². The Morgan fingerprint density at radius 2 is 2.33 bits per heavy atom. The molecule has 3 heterocycles. The van der Waals surface area contributed by atoms with Crippen LogP contribution in [0, 0.1) is 0 Å². The number of aryl methyl sites for hydroxylation is 1. The molecular weight excluding hydrogens is 284 g/mol. The first-order valence-electron chi connectivity index (χ1n) is 6.88. The Kier molecular flexibility index (Phi) is 4.25. The van der Waals surface area contributed by atoms with E-state index in [2.05, 4.69) is 15.3 Å². The second-order valence-corrected chi connectivity index (χ2v) is 5.66. The van der Waals surface area contributed by atoms with Gasteiger partial charge in [-0.3, -0.25) is 14.2 Å². The first-order chi connectivity index (χ1) is 10.3. The van der Waals surface area contributed by atoms with Crippen LogP contribution < -0.4 is 5.32 Å². The van der Waals surface area contributed by atoms with Crippen molar-refractivity contribution in [1.29, 1.82) is 0 Å². The Morgan fingerprint density at radius 1 is 1.38 bits per heavy atom. The van der Waals surface area contributed by atoms with E-state index in [0.29, 0.717) is 13.0 Å². The molecule has 0 aliphatic rings. The highest BCUT2D eigenvalue weighted by molar-refractivity contribution is 7.15. The molecule has 3 aromatic rings. The van der Waals surface area contributed by atoms with Crippen molar-refractivity contribution in [2.24, 2.45) is 0 Å². The highest BCUT2D eigenvalue weighted by atomic mass is 32.1. The van der Waals surface area contributed by atoms with Crippen molar-refractivity contribution < 1.29 is 4.79 Å². The summed E-state index contributed by atoms with van der Waals surface area (Å²) in [5.74, 6) is 0.0693. The van der Waals surface area contributed by atoms with E-state index in [-0.39, 0.29) is 5.91 Å². The van der Waals surface area contributed by atoms with Gasteiger partial charge in [-0.05, 0) is 18.1 Å². The maximum atomic E-state index is 11.8. The van der Waals surface area contributed by atoms with Gasteiger partial charge in [0, 0.05) is 49.6 Å². The number of fused-ring (bicyclic) bond motifs is 1. The SMILES string of the molecule is O=C(CCc1cccnc1)NCCc1cn2ccsc2n1. The summed E-state index contributed by atoms with van der Waals surface area (Å²) in [6.45, 7) is 0.622. The zero-order valence-corrected chi connectivity index (χ0v) is 12.3. The third-order valence-electron chi connectivity index (χ3n) is 3.21. The van der Waals surface area contributed by atoms with Gasteiger partial charge >= 0.3 is 0 Å². The number of imidazole rings is 1. The lowest BCUT2D eigenvalue weighted by molar-refractivity contribution is -0.121. The molecule has 21 heavy (non-hydrogen) atoms. The number of carbonyl (C=O) groups is 1. The molecule has 0 aliphatic heterocycles. The van der Waals surface area contributed by atoms with Crippen LogP contribution in [0.4, 0.5) is 0 Å². The fourth-order valence-electron chi connectivity index (χ4n) is 2.12. The van der Waals surface area contributed by atoms with Crippen LogP contribution in [0.1, 0.15) is 17.7 Å². The minimum atomic E-state index is 0.0693. The minimum absolute atomic E-state index is 0.0693. The van der Waals surface area contributed by atoms with Crippen LogP contribution in [0.2, 0.25) is 0 Å². The molecule has 5 nitrogen and oxygen atoms in total. The molecule has 0 aromatic carbocycles. The molecule has 0 unspecified atom stereocenters. The van der Waals surface area contributed by atoms with E-state index in [9.17, 15) is 4.79 Å². The summed E-state index contributed by atoms with van der Waals surface area (Å²) in [6, 6.07) is 3.87. The third kappa shape index (κ3) is 3.66. The zero-order chi connectivity index (χ0) is 14.5. The molecule has 0 spiro atoms. The summed E-state index contributed by atoms with van der Waals surface area (Å²) in [7, 11) is 0. The average Bonchev–Trinajstić information content (AvgIpc) is 3.07. The highest BCUT2D eigenvalue weighted by Gasteiger charge is 2.05. The largest absolute Gasteiger partial charge is 0.356 e. The minimum Gasteiger partial charge on any atom is -0.356 e. The van der Waals surface area contributed by atoms with Gasteiger partial charge in [-0.15, -0.1) is 11.3 Å². The highest BCUT2D eigenvalue weighted by Crippen LogP contribution is 2.11. The van der Waals surface area contributed by atoms with E-state index < -0.39 is 0 Å². The van der Waals surface area contributed by atoms with Gasteiger partial charge in [0.1, 0.15) is 0 Å². The molecule has 1 N–H and O–H groups in total. The number of hydrogen-bond donors (Lipinski definition) is 1. The summed E-state index contributed by atoms with van der Waals surface area (Å²) in [4.78, 5) is 21.3. The van der Waals surface area contributed by atoms with E-state index in [1.165, 1.54) is 0 Å².